The average Bonchev–Trinajstić information content (AvgIpc) is 2.33. The molecule has 0 saturated carbocycles. The normalized spacial score (nSPS) is 21.2. The number of nitrogens with zero attached hydrogens (tertiary/aromatic N) is 3. The Hall–Kier alpha value is -1.73. The summed E-state index contributed by atoms with van der Waals surface area (Å²) >= 11 is 0. The molecule has 4 heteroatoms. The smallest absolute Gasteiger partial charge is 0.101 e. The molecule has 17 heavy (non-hydrogen) atoms. The van der Waals surface area contributed by atoms with Crippen molar-refractivity contribution in [1.82, 2.24) is 4.90 Å². The molecule has 1 fully saturated rings. The van der Waals surface area contributed by atoms with Crippen LogP contribution in [0.25, 0.3) is 0 Å². The standard InChI is InChI=1S/C13H18N4/c1-10-9-17(6-5-16(10)2)12-3-4-13(15)11(7-12)8-14/h3-4,7,10H,5-6,9,15H2,1-2H3. The predicted molar refractivity (Wildman–Crippen MR) is 69.9 cm³/mol. The van der Waals surface area contributed by atoms with Gasteiger partial charge in [0.05, 0.1) is 5.56 Å². The first kappa shape index (κ1) is 11.7. The second-order valence-corrected chi connectivity index (χ2v) is 4.66. The molecule has 0 aromatic heterocycles. The maximum atomic E-state index is 8.98. The number of hydrogen-bond donors (Lipinski definition) is 1. The summed E-state index contributed by atoms with van der Waals surface area (Å²) in [7, 11) is 2.14. The van der Waals surface area contributed by atoms with Gasteiger partial charge in [0.1, 0.15) is 6.07 Å². The number of nitriles is 1. The lowest BCUT2D eigenvalue weighted by Gasteiger charge is -2.39. The minimum absolute atomic E-state index is 0.534. The number of anilines is 2. The van der Waals surface area contributed by atoms with E-state index >= 15 is 0 Å². The summed E-state index contributed by atoms with van der Waals surface area (Å²) in [6.07, 6.45) is 0. The monoisotopic (exact) mass is 230 g/mol. The highest BCUT2D eigenvalue weighted by molar-refractivity contribution is 5.63. The maximum absolute atomic E-state index is 8.98. The number of benzene rings is 1. The van der Waals surface area contributed by atoms with Crippen molar-refractivity contribution in [3.8, 4) is 6.07 Å². The van der Waals surface area contributed by atoms with Crippen LogP contribution in [0.1, 0.15) is 12.5 Å². The molecular weight excluding hydrogens is 212 g/mol. The number of nitrogen functional groups attached to an aromatic ring is 1. The molecule has 0 spiro atoms. The van der Waals surface area contributed by atoms with E-state index in [2.05, 4.69) is 29.8 Å². The molecule has 1 aromatic carbocycles. The lowest BCUT2D eigenvalue weighted by Crippen LogP contribution is -2.50. The number of nitrogens with two attached hydrogens (primary N) is 1. The fraction of sp³-hybridized carbons (Fsp3) is 0.462. The molecule has 0 aliphatic carbocycles. The van der Waals surface area contributed by atoms with Crippen LogP contribution in [-0.2, 0) is 0 Å². The fourth-order valence-electron chi connectivity index (χ4n) is 2.12. The van der Waals surface area contributed by atoms with E-state index < -0.39 is 0 Å². The summed E-state index contributed by atoms with van der Waals surface area (Å²) in [6, 6.07) is 8.36. The first-order valence-electron chi connectivity index (χ1n) is 5.86. The molecule has 0 bridgehead atoms. The molecule has 1 saturated heterocycles. The van der Waals surface area contributed by atoms with Gasteiger partial charge >= 0.3 is 0 Å². The molecule has 0 radical (unpaired) electrons. The third-order valence-electron chi connectivity index (χ3n) is 3.48. The average molecular weight is 230 g/mol. The van der Waals surface area contributed by atoms with Crippen molar-refractivity contribution in [3.05, 3.63) is 23.8 Å². The molecule has 90 valence electrons. The molecule has 1 atom stereocenters. The highest BCUT2D eigenvalue weighted by Gasteiger charge is 2.21. The summed E-state index contributed by atoms with van der Waals surface area (Å²) < 4.78 is 0. The molecule has 4 nitrogen and oxygen atoms in total. The zero-order valence-corrected chi connectivity index (χ0v) is 10.3. The molecule has 1 aliphatic rings. The van der Waals surface area contributed by atoms with Gasteiger partial charge < -0.3 is 15.5 Å². The largest absolute Gasteiger partial charge is 0.398 e. The molecule has 1 unspecified atom stereocenters. The lowest BCUT2D eigenvalue weighted by molar-refractivity contribution is 0.234. The van der Waals surface area contributed by atoms with Crippen molar-refractivity contribution in [2.75, 3.05) is 37.3 Å². The van der Waals surface area contributed by atoms with Gasteiger partial charge in [-0.3, -0.25) is 0 Å². The first-order valence-corrected chi connectivity index (χ1v) is 5.86. The van der Waals surface area contributed by atoms with Gasteiger partial charge in [0.25, 0.3) is 0 Å². The van der Waals surface area contributed by atoms with Gasteiger partial charge in [-0.15, -0.1) is 0 Å². The van der Waals surface area contributed by atoms with Gasteiger partial charge in [0, 0.05) is 37.1 Å². The van der Waals surface area contributed by atoms with E-state index in [9.17, 15) is 0 Å². The van der Waals surface area contributed by atoms with Crippen LogP contribution in [0.15, 0.2) is 18.2 Å². The number of hydrogen-bond acceptors (Lipinski definition) is 4. The van der Waals surface area contributed by atoms with Crippen LogP contribution in [0.4, 0.5) is 11.4 Å². The highest BCUT2D eigenvalue weighted by Crippen LogP contribution is 2.22. The maximum Gasteiger partial charge on any atom is 0.101 e. The van der Waals surface area contributed by atoms with Crippen molar-refractivity contribution < 1.29 is 0 Å². The van der Waals surface area contributed by atoms with Crippen LogP contribution in [0.5, 0.6) is 0 Å². The quantitative estimate of drug-likeness (QED) is 0.738. The van der Waals surface area contributed by atoms with Crippen LogP contribution in [0.2, 0.25) is 0 Å². The van der Waals surface area contributed by atoms with Crippen molar-refractivity contribution in [2.24, 2.45) is 0 Å². The van der Waals surface area contributed by atoms with Gasteiger partial charge in [-0.05, 0) is 32.2 Å². The second kappa shape index (κ2) is 4.64. The zero-order valence-electron chi connectivity index (χ0n) is 10.3. The first-order chi connectivity index (χ1) is 8.11. The van der Waals surface area contributed by atoms with Crippen molar-refractivity contribution in [3.63, 3.8) is 0 Å². The SMILES string of the molecule is CC1CN(c2ccc(N)c(C#N)c2)CCN1C. The Morgan fingerprint density at radius 1 is 1.41 bits per heavy atom. The number of likely N-dealkylation sites (N-methyl/N-ethyl adjacent to an activating group) is 1. The Balaban J connectivity index is 2.21. The Labute approximate surface area is 102 Å². The van der Waals surface area contributed by atoms with E-state index in [0.29, 0.717) is 17.3 Å². The summed E-state index contributed by atoms with van der Waals surface area (Å²) in [5.41, 5.74) is 7.94. The fourth-order valence-corrected chi connectivity index (χ4v) is 2.12. The summed E-state index contributed by atoms with van der Waals surface area (Å²) in [5.74, 6) is 0. The van der Waals surface area contributed by atoms with Crippen molar-refractivity contribution in [1.29, 1.82) is 5.26 Å². The molecule has 0 amide bonds. The van der Waals surface area contributed by atoms with Gasteiger partial charge in [-0.2, -0.15) is 5.26 Å². The lowest BCUT2D eigenvalue weighted by atomic mass is 10.1. The molecule has 1 aromatic rings. The van der Waals surface area contributed by atoms with Crippen molar-refractivity contribution in [2.45, 2.75) is 13.0 Å². The topological polar surface area (TPSA) is 56.3 Å². The second-order valence-electron chi connectivity index (χ2n) is 4.66. The van der Waals surface area contributed by atoms with E-state index in [1.54, 1.807) is 0 Å². The van der Waals surface area contributed by atoms with Crippen molar-refractivity contribution >= 4 is 11.4 Å². The van der Waals surface area contributed by atoms with E-state index in [1.165, 1.54) is 0 Å². The Kier molecular flexibility index (Phi) is 3.21. The molecular formula is C13H18N4. The predicted octanol–water partition coefficient (Wildman–Crippen LogP) is 1.28. The van der Waals surface area contributed by atoms with Gasteiger partial charge in [-0.1, -0.05) is 0 Å². The van der Waals surface area contributed by atoms with Crippen LogP contribution in [-0.4, -0.2) is 37.6 Å². The van der Waals surface area contributed by atoms with E-state index in [0.717, 1.165) is 25.3 Å². The third-order valence-corrected chi connectivity index (χ3v) is 3.48. The van der Waals surface area contributed by atoms with Gasteiger partial charge in [0.2, 0.25) is 0 Å². The Bertz CT molecular complexity index is 449. The highest BCUT2D eigenvalue weighted by atomic mass is 15.3. The minimum Gasteiger partial charge on any atom is -0.398 e. The molecule has 2 rings (SSSR count). The Morgan fingerprint density at radius 3 is 2.82 bits per heavy atom. The summed E-state index contributed by atoms with van der Waals surface area (Å²) in [4.78, 5) is 4.66. The number of piperazine rings is 1. The van der Waals surface area contributed by atoms with E-state index in [-0.39, 0.29) is 0 Å². The summed E-state index contributed by atoms with van der Waals surface area (Å²) in [6.45, 7) is 5.25. The molecule has 1 heterocycles. The van der Waals surface area contributed by atoms with Crippen LogP contribution >= 0.6 is 0 Å². The van der Waals surface area contributed by atoms with E-state index in [1.807, 2.05) is 18.2 Å². The minimum atomic E-state index is 0.534. The summed E-state index contributed by atoms with van der Waals surface area (Å²) in [5, 5.41) is 8.98. The van der Waals surface area contributed by atoms with Crippen LogP contribution in [0, 0.1) is 11.3 Å². The Morgan fingerprint density at radius 2 is 2.18 bits per heavy atom. The van der Waals surface area contributed by atoms with Gasteiger partial charge in [-0.25, -0.2) is 0 Å². The van der Waals surface area contributed by atoms with Crippen LogP contribution in [0.3, 0.4) is 0 Å². The number of rotatable bonds is 1. The van der Waals surface area contributed by atoms with Crippen LogP contribution < -0.4 is 10.6 Å². The molecule has 1 aliphatic heterocycles. The molecule has 2 N–H and O–H groups in total. The third kappa shape index (κ3) is 2.34. The van der Waals surface area contributed by atoms with Gasteiger partial charge in [0.15, 0.2) is 0 Å². The van der Waals surface area contributed by atoms with E-state index in [4.69, 9.17) is 11.0 Å². The zero-order chi connectivity index (χ0) is 12.4.